The predicted octanol–water partition coefficient (Wildman–Crippen LogP) is 2.71. The van der Waals surface area contributed by atoms with Gasteiger partial charge in [-0.25, -0.2) is 4.68 Å². The number of halogens is 1. The molecule has 0 aliphatic carbocycles. The Morgan fingerprint density at radius 1 is 1.20 bits per heavy atom. The number of carbonyl (C=O) groups excluding carboxylic acids is 3. The number of hydrogen-bond acceptors (Lipinski definition) is 5. The molecule has 2 aromatic carbocycles. The molecule has 10 heteroatoms. The number of ether oxygens (including phenoxy) is 1. The van der Waals surface area contributed by atoms with Crippen LogP contribution in [-0.2, 0) is 17.8 Å². The Bertz CT molecular complexity index is 1320. The zero-order valence-corrected chi connectivity index (χ0v) is 20.1. The molecule has 1 aromatic heterocycles. The van der Waals surface area contributed by atoms with Crippen LogP contribution in [0.1, 0.15) is 38.4 Å². The number of nitrogens with one attached hydrogen (secondary N) is 1. The van der Waals surface area contributed by atoms with E-state index in [0.29, 0.717) is 47.2 Å². The van der Waals surface area contributed by atoms with Gasteiger partial charge in [-0.1, -0.05) is 41.9 Å². The van der Waals surface area contributed by atoms with E-state index < -0.39 is 6.23 Å². The minimum absolute atomic E-state index is 0.0278. The Morgan fingerprint density at radius 3 is 2.71 bits per heavy atom. The number of anilines is 1. The molecule has 0 fully saturated rings. The van der Waals surface area contributed by atoms with E-state index in [1.165, 1.54) is 9.80 Å². The first-order chi connectivity index (χ1) is 16.9. The highest BCUT2D eigenvalue weighted by Crippen LogP contribution is 2.36. The third kappa shape index (κ3) is 4.12. The van der Waals surface area contributed by atoms with Gasteiger partial charge in [0.1, 0.15) is 10.9 Å². The first-order valence-electron chi connectivity index (χ1n) is 11.3. The molecule has 5 rings (SSSR count). The standard InChI is InChI=1S/C25H24ClN5O4/c1-27-24(33)16-8-9-18-19(12-16)35-21(13-20(32)29(18)2)30-11-10-17-22(25(30)34)28-31(23(17)26)14-15-6-4-3-5-7-15/h3-9,12,21H,10-11,13-14H2,1-2H3,(H,27,33). The molecule has 3 aromatic rings. The quantitative estimate of drug-likeness (QED) is 0.603. The fraction of sp³-hybridized carbons (Fsp3) is 0.280. The summed E-state index contributed by atoms with van der Waals surface area (Å²) < 4.78 is 7.81. The van der Waals surface area contributed by atoms with E-state index in [9.17, 15) is 14.4 Å². The molecule has 0 bridgehead atoms. The second kappa shape index (κ2) is 9.07. The molecular formula is C25H24ClN5O4. The van der Waals surface area contributed by atoms with Crippen LogP contribution in [0.4, 0.5) is 5.69 Å². The lowest BCUT2D eigenvalue weighted by Crippen LogP contribution is -2.48. The van der Waals surface area contributed by atoms with Crippen molar-refractivity contribution in [2.45, 2.75) is 25.6 Å². The van der Waals surface area contributed by atoms with Crippen molar-refractivity contribution in [3.63, 3.8) is 0 Å². The molecule has 3 heterocycles. The van der Waals surface area contributed by atoms with Crippen LogP contribution >= 0.6 is 11.6 Å². The van der Waals surface area contributed by atoms with Crippen molar-refractivity contribution < 1.29 is 19.1 Å². The predicted molar refractivity (Wildman–Crippen MR) is 130 cm³/mol. The van der Waals surface area contributed by atoms with E-state index in [1.807, 2.05) is 30.3 Å². The van der Waals surface area contributed by atoms with Crippen LogP contribution in [0, 0.1) is 0 Å². The van der Waals surface area contributed by atoms with Gasteiger partial charge in [0.15, 0.2) is 11.9 Å². The van der Waals surface area contributed by atoms with Crippen molar-refractivity contribution in [2.75, 3.05) is 25.5 Å². The summed E-state index contributed by atoms with van der Waals surface area (Å²) in [7, 11) is 3.19. The first-order valence-corrected chi connectivity index (χ1v) is 11.6. The molecule has 0 spiro atoms. The van der Waals surface area contributed by atoms with E-state index in [2.05, 4.69) is 10.4 Å². The molecule has 9 nitrogen and oxygen atoms in total. The summed E-state index contributed by atoms with van der Waals surface area (Å²) in [5.74, 6) is -0.460. The molecule has 2 aliphatic heterocycles. The van der Waals surface area contributed by atoms with Gasteiger partial charge in [0, 0.05) is 31.8 Å². The Hall–Kier alpha value is -3.85. The van der Waals surface area contributed by atoms with E-state index in [0.717, 1.165) is 5.56 Å². The van der Waals surface area contributed by atoms with Crippen LogP contribution in [-0.4, -0.2) is 59.3 Å². The molecule has 0 radical (unpaired) electrons. The Kier molecular flexibility index (Phi) is 5.94. The first kappa shape index (κ1) is 22.9. The molecule has 1 N–H and O–H groups in total. The Morgan fingerprint density at radius 2 is 1.97 bits per heavy atom. The maximum Gasteiger partial charge on any atom is 0.277 e. The summed E-state index contributed by atoms with van der Waals surface area (Å²) in [5.41, 5.74) is 2.91. The SMILES string of the molecule is CNC(=O)c1ccc2c(c1)OC(N1CCc3c(nn(Cc4ccccc4)c3Cl)C1=O)CC(=O)N2C. The third-order valence-electron chi connectivity index (χ3n) is 6.37. The lowest BCUT2D eigenvalue weighted by molar-refractivity contribution is -0.121. The second-order valence-electron chi connectivity index (χ2n) is 8.50. The summed E-state index contributed by atoms with van der Waals surface area (Å²) in [6.45, 7) is 0.771. The van der Waals surface area contributed by atoms with Gasteiger partial charge in [-0.3, -0.25) is 14.4 Å². The molecular weight excluding hydrogens is 470 g/mol. The molecule has 35 heavy (non-hydrogen) atoms. The number of nitrogens with zero attached hydrogens (tertiary/aromatic N) is 4. The molecule has 2 aliphatic rings. The lowest BCUT2D eigenvalue weighted by atomic mass is 10.1. The van der Waals surface area contributed by atoms with Gasteiger partial charge in [-0.05, 0) is 30.2 Å². The minimum atomic E-state index is -0.843. The lowest BCUT2D eigenvalue weighted by Gasteiger charge is -2.32. The van der Waals surface area contributed by atoms with Crippen molar-refractivity contribution in [2.24, 2.45) is 0 Å². The highest BCUT2D eigenvalue weighted by atomic mass is 35.5. The summed E-state index contributed by atoms with van der Waals surface area (Å²) in [6, 6.07) is 14.6. The van der Waals surface area contributed by atoms with Crippen molar-refractivity contribution in [3.05, 3.63) is 76.1 Å². The smallest absolute Gasteiger partial charge is 0.277 e. The Balaban J connectivity index is 1.44. The van der Waals surface area contributed by atoms with Gasteiger partial charge in [0.05, 0.1) is 18.7 Å². The molecule has 180 valence electrons. The average Bonchev–Trinajstić information content (AvgIpc) is 3.12. The monoisotopic (exact) mass is 493 g/mol. The second-order valence-corrected chi connectivity index (χ2v) is 8.86. The zero-order chi connectivity index (χ0) is 24.7. The summed E-state index contributed by atoms with van der Waals surface area (Å²) >= 11 is 6.59. The number of carbonyl (C=O) groups is 3. The maximum absolute atomic E-state index is 13.5. The topological polar surface area (TPSA) is 96.8 Å². The molecule has 0 saturated carbocycles. The number of fused-ring (bicyclic) bond motifs is 2. The van der Waals surface area contributed by atoms with Crippen molar-refractivity contribution in [3.8, 4) is 5.75 Å². The van der Waals surface area contributed by atoms with Crippen molar-refractivity contribution in [1.82, 2.24) is 20.0 Å². The van der Waals surface area contributed by atoms with Crippen molar-refractivity contribution >= 4 is 35.0 Å². The van der Waals surface area contributed by atoms with Gasteiger partial charge in [-0.15, -0.1) is 0 Å². The van der Waals surface area contributed by atoms with Crippen LogP contribution in [0.3, 0.4) is 0 Å². The molecule has 1 unspecified atom stereocenters. The van der Waals surface area contributed by atoms with Gasteiger partial charge in [-0.2, -0.15) is 5.10 Å². The van der Waals surface area contributed by atoms with Crippen LogP contribution in [0.25, 0.3) is 0 Å². The number of rotatable bonds is 4. The van der Waals surface area contributed by atoms with Gasteiger partial charge >= 0.3 is 0 Å². The van der Waals surface area contributed by atoms with E-state index in [1.54, 1.807) is 37.0 Å². The van der Waals surface area contributed by atoms with E-state index in [-0.39, 0.29) is 29.8 Å². The average molecular weight is 494 g/mol. The number of hydrogen-bond donors (Lipinski definition) is 1. The maximum atomic E-state index is 13.5. The fourth-order valence-corrected chi connectivity index (χ4v) is 4.71. The number of benzene rings is 2. The molecule has 3 amide bonds. The van der Waals surface area contributed by atoms with Crippen LogP contribution in [0.2, 0.25) is 5.15 Å². The zero-order valence-electron chi connectivity index (χ0n) is 19.3. The van der Waals surface area contributed by atoms with E-state index in [4.69, 9.17) is 16.3 Å². The van der Waals surface area contributed by atoms with Crippen LogP contribution < -0.4 is 15.0 Å². The number of amides is 3. The van der Waals surface area contributed by atoms with Crippen LogP contribution in [0.5, 0.6) is 5.75 Å². The molecule has 0 saturated heterocycles. The highest BCUT2D eigenvalue weighted by Gasteiger charge is 2.39. The van der Waals surface area contributed by atoms with Gasteiger partial charge in [0.2, 0.25) is 5.91 Å². The summed E-state index contributed by atoms with van der Waals surface area (Å²) in [6.07, 6.45) is -0.381. The number of aromatic nitrogens is 2. The van der Waals surface area contributed by atoms with Gasteiger partial charge in [0.25, 0.3) is 11.8 Å². The highest BCUT2D eigenvalue weighted by molar-refractivity contribution is 6.31. The minimum Gasteiger partial charge on any atom is -0.468 e. The van der Waals surface area contributed by atoms with Gasteiger partial charge < -0.3 is 19.9 Å². The van der Waals surface area contributed by atoms with E-state index >= 15 is 0 Å². The Labute approximate surface area is 207 Å². The normalized spacial score (nSPS) is 17.4. The molecule has 1 atom stereocenters. The summed E-state index contributed by atoms with van der Waals surface area (Å²) in [4.78, 5) is 41.5. The fourth-order valence-electron chi connectivity index (χ4n) is 4.43. The largest absolute Gasteiger partial charge is 0.468 e. The third-order valence-corrected chi connectivity index (χ3v) is 6.79. The van der Waals surface area contributed by atoms with Crippen LogP contribution in [0.15, 0.2) is 48.5 Å². The summed E-state index contributed by atoms with van der Waals surface area (Å²) in [5, 5.41) is 7.53. The van der Waals surface area contributed by atoms with Crippen molar-refractivity contribution in [1.29, 1.82) is 0 Å².